The molecule has 0 bridgehead atoms. The van der Waals surface area contributed by atoms with E-state index in [1.54, 1.807) is 0 Å². The zero-order chi connectivity index (χ0) is 16.9. The monoisotopic (exact) mass is 331 g/mol. The lowest BCUT2D eigenvalue weighted by atomic mass is 9.97. The van der Waals surface area contributed by atoms with Gasteiger partial charge in [-0.15, -0.1) is 0 Å². The number of likely N-dealkylation sites (tertiary alicyclic amines) is 1. The minimum atomic E-state index is 0.308. The van der Waals surface area contributed by atoms with Crippen molar-refractivity contribution in [1.29, 1.82) is 0 Å². The van der Waals surface area contributed by atoms with Gasteiger partial charge in [0.1, 0.15) is 5.82 Å². The number of piperidine rings is 1. The third-order valence-corrected chi connectivity index (χ3v) is 4.73. The molecule has 0 aliphatic carbocycles. The summed E-state index contributed by atoms with van der Waals surface area (Å²) in [4.78, 5) is 11.6. The van der Waals surface area contributed by atoms with Crippen molar-refractivity contribution in [2.75, 3.05) is 13.1 Å². The molecule has 0 saturated carbocycles. The van der Waals surface area contributed by atoms with Crippen LogP contribution in [-0.4, -0.2) is 37.7 Å². The van der Waals surface area contributed by atoms with Crippen LogP contribution < -0.4 is 0 Å². The highest BCUT2D eigenvalue weighted by Crippen LogP contribution is 2.27. The van der Waals surface area contributed by atoms with Gasteiger partial charge >= 0.3 is 0 Å². The fourth-order valence-corrected chi connectivity index (χ4v) is 3.37. The van der Waals surface area contributed by atoms with Gasteiger partial charge in [-0.05, 0) is 25.8 Å². The molecule has 1 atom stereocenters. The fourth-order valence-electron chi connectivity index (χ4n) is 3.37. The lowest BCUT2D eigenvalue weighted by molar-refractivity contribution is 0.172. The van der Waals surface area contributed by atoms with Gasteiger partial charge in [0.15, 0.2) is 5.82 Å². The van der Waals surface area contributed by atoms with Crippen LogP contribution in [-0.2, 0) is 13.1 Å². The van der Waals surface area contributed by atoms with Crippen LogP contribution in [0.5, 0.6) is 0 Å². The molecule has 3 rings (SSSR count). The molecule has 0 radical (unpaired) electrons. The second-order valence-electron chi connectivity index (χ2n) is 7.11. The second-order valence-corrected chi connectivity index (χ2v) is 7.11. The largest absolute Gasteiger partial charge is 0.338 e. The van der Waals surface area contributed by atoms with Gasteiger partial charge in [-0.2, -0.15) is 4.98 Å². The van der Waals surface area contributed by atoms with Gasteiger partial charge in [-0.1, -0.05) is 32.3 Å². The molecular formula is C18H29N5O. The van der Waals surface area contributed by atoms with Gasteiger partial charge in [-0.25, -0.2) is 4.98 Å². The molecule has 1 fully saturated rings. The smallest absolute Gasteiger partial charge is 0.240 e. The molecule has 0 spiro atoms. The Kier molecular flexibility index (Phi) is 5.66. The Labute approximate surface area is 144 Å². The second kappa shape index (κ2) is 7.92. The zero-order valence-electron chi connectivity index (χ0n) is 15.1. The first-order valence-electron chi connectivity index (χ1n) is 9.23. The van der Waals surface area contributed by atoms with Crippen LogP contribution in [0.3, 0.4) is 0 Å². The van der Waals surface area contributed by atoms with E-state index in [4.69, 9.17) is 4.52 Å². The van der Waals surface area contributed by atoms with Crippen LogP contribution >= 0.6 is 0 Å². The summed E-state index contributed by atoms with van der Waals surface area (Å²) in [5.41, 5.74) is 0. The van der Waals surface area contributed by atoms with Crippen LogP contribution in [0.15, 0.2) is 16.9 Å². The summed E-state index contributed by atoms with van der Waals surface area (Å²) in [7, 11) is 0. The summed E-state index contributed by atoms with van der Waals surface area (Å²) in [5, 5.41) is 4.07. The minimum absolute atomic E-state index is 0.308. The maximum absolute atomic E-state index is 5.41. The predicted molar refractivity (Wildman–Crippen MR) is 92.8 cm³/mol. The summed E-state index contributed by atoms with van der Waals surface area (Å²) >= 11 is 0. The molecule has 2 aromatic rings. The van der Waals surface area contributed by atoms with Crippen LogP contribution in [0.4, 0.5) is 0 Å². The van der Waals surface area contributed by atoms with Crippen LogP contribution in [0.2, 0.25) is 0 Å². The summed E-state index contributed by atoms with van der Waals surface area (Å²) in [5.74, 6) is 3.57. The van der Waals surface area contributed by atoms with Gasteiger partial charge in [0.2, 0.25) is 5.89 Å². The van der Waals surface area contributed by atoms with E-state index in [1.165, 1.54) is 31.5 Å². The highest BCUT2D eigenvalue weighted by Gasteiger charge is 2.26. The minimum Gasteiger partial charge on any atom is -0.338 e. The van der Waals surface area contributed by atoms with Crippen molar-refractivity contribution in [3.05, 3.63) is 29.9 Å². The first-order chi connectivity index (χ1) is 11.7. The molecule has 0 N–H and O–H groups in total. The first kappa shape index (κ1) is 17.1. The van der Waals surface area contributed by atoms with Crippen molar-refractivity contribution in [1.82, 2.24) is 24.6 Å². The van der Waals surface area contributed by atoms with Gasteiger partial charge in [0.25, 0.3) is 0 Å². The molecule has 3 heterocycles. The Bertz CT molecular complexity index is 633. The van der Waals surface area contributed by atoms with Crippen LogP contribution in [0.25, 0.3) is 0 Å². The normalized spacial score (nSPS) is 19.2. The molecule has 2 aromatic heterocycles. The van der Waals surface area contributed by atoms with E-state index >= 15 is 0 Å². The molecule has 1 aliphatic rings. The molecule has 1 aliphatic heterocycles. The quantitative estimate of drug-likeness (QED) is 0.776. The van der Waals surface area contributed by atoms with E-state index in [9.17, 15) is 0 Å². The van der Waals surface area contributed by atoms with Gasteiger partial charge in [-0.3, -0.25) is 4.90 Å². The molecule has 24 heavy (non-hydrogen) atoms. The highest BCUT2D eigenvalue weighted by molar-refractivity contribution is 5.03. The predicted octanol–water partition coefficient (Wildman–Crippen LogP) is 3.57. The van der Waals surface area contributed by atoms with Crippen molar-refractivity contribution >= 4 is 0 Å². The Morgan fingerprint density at radius 1 is 1.38 bits per heavy atom. The topological polar surface area (TPSA) is 60.0 Å². The summed E-state index contributed by atoms with van der Waals surface area (Å²) in [6.45, 7) is 10.3. The summed E-state index contributed by atoms with van der Waals surface area (Å²) in [6, 6.07) is 0. The van der Waals surface area contributed by atoms with Crippen molar-refractivity contribution in [2.45, 2.75) is 71.4 Å². The van der Waals surface area contributed by atoms with Gasteiger partial charge in [0, 0.05) is 37.3 Å². The standard InChI is InChI=1S/C18H29N5O/c1-4-5-10-23-11-8-19-18(23)15-7-6-9-22(12-15)13-16-20-17(14(2)3)21-24-16/h8,11,14-15H,4-7,9-10,12-13H2,1-3H3. The Balaban J connectivity index is 1.62. The Hall–Kier alpha value is -1.69. The van der Waals surface area contributed by atoms with Gasteiger partial charge in [0.05, 0.1) is 6.54 Å². The number of hydrogen-bond donors (Lipinski definition) is 0. The van der Waals surface area contributed by atoms with E-state index in [-0.39, 0.29) is 0 Å². The average molecular weight is 331 g/mol. The van der Waals surface area contributed by atoms with Crippen LogP contribution in [0, 0.1) is 0 Å². The number of aromatic nitrogens is 4. The Morgan fingerprint density at radius 2 is 2.25 bits per heavy atom. The zero-order valence-corrected chi connectivity index (χ0v) is 15.1. The highest BCUT2D eigenvalue weighted by atomic mass is 16.5. The molecule has 0 aromatic carbocycles. The molecule has 0 amide bonds. The van der Waals surface area contributed by atoms with Crippen molar-refractivity contribution in [3.8, 4) is 0 Å². The molecular weight excluding hydrogens is 302 g/mol. The van der Waals surface area contributed by atoms with Crippen molar-refractivity contribution in [3.63, 3.8) is 0 Å². The van der Waals surface area contributed by atoms with Crippen molar-refractivity contribution < 1.29 is 4.52 Å². The summed E-state index contributed by atoms with van der Waals surface area (Å²) < 4.78 is 7.74. The third-order valence-electron chi connectivity index (χ3n) is 4.73. The number of rotatable bonds is 7. The molecule has 1 saturated heterocycles. The molecule has 6 heteroatoms. The lowest BCUT2D eigenvalue weighted by Gasteiger charge is -2.31. The van der Waals surface area contributed by atoms with Gasteiger partial charge < -0.3 is 9.09 Å². The van der Waals surface area contributed by atoms with E-state index in [0.29, 0.717) is 11.8 Å². The maximum atomic E-state index is 5.41. The Morgan fingerprint density at radius 3 is 3.00 bits per heavy atom. The molecule has 6 nitrogen and oxygen atoms in total. The van der Waals surface area contributed by atoms with Crippen LogP contribution in [0.1, 0.15) is 75.8 Å². The van der Waals surface area contributed by atoms with E-state index in [1.807, 2.05) is 6.20 Å². The number of hydrogen-bond acceptors (Lipinski definition) is 5. The summed E-state index contributed by atoms with van der Waals surface area (Å²) in [6.07, 6.45) is 8.88. The maximum Gasteiger partial charge on any atom is 0.240 e. The average Bonchev–Trinajstić information content (AvgIpc) is 3.22. The van der Waals surface area contributed by atoms with E-state index in [2.05, 4.69) is 51.6 Å². The van der Waals surface area contributed by atoms with Crippen molar-refractivity contribution in [2.24, 2.45) is 0 Å². The third kappa shape index (κ3) is 4.04. The first-order valence-corrected chi connectivity index (χ1v) is 9.23. The lowest BCUT2D eigenvalue weighted by Crippen LogP contribution is -2.35. The number of nitrogens with zero attached hydrogens (tertiary/aromatic N) is 5. The molecule has 132 valence electrons. The number of aryl methyl sites for hydroxylation is 1. The fraction of sp³-hybridized carbons (Fsp3) is 0.722. The SMILES string of the molecule is CCCCn1ccnc1C1CCCN(Cc2nc(C(C)C)no2)C1. The number of unbranched alkanes of at least 4 members (excludes halogenated alkanes) is 1. The molecule has 1 unspecified atom stereocenters. The van der Waals surface area contributed by atoms with E-state index < -0.39 is 0 Å². The van der Waals surface area contributed by atoms with E-state index in [0.717, 1.165) is 37.9 Å². The number of imidazole rings is 1.